The molecule has 25 heavy (non-hydrogen) atoms. The summed E-state index contributed by atoms with van der Waals surface area (Å²) in [5.41, 5.74) is 0.345. The molecule has 3 heterocycles. The number of rotatable bonds is 6. The first kappa shape index (κ1) is 17.3. The van der Waals surface area contributed by atoms with Gasteiger partial charge in [-0.05, 0) is 62.8 Å². The molecule has 0 unspecified atom stereocenters. The average Bonchev–Trinajstić information content (AvgIpc) is 3.32. The fraction of sp³-hybridized carbons (Fsp3) is 0.833. The maximum Gasteiger partial charge on any atom is 0.240 e. The van der Waals surface area contributed by atoms with E-state index in [1.165, 1.54) is 25.7 Å². The van der Waals surface area contributed by atoms with Crippen molar-refractivity contribution < 1.29 is 9.32 Å². The van der Waals surface area contributed by atoms with E-state index in [-0.39, 0.29) is 0 Å². The Hall–Kier alpha value is -1.08. The van der Waals surface area contributed by atoms with E-state index in [2.05, 4.69) is 19.9 Å². The number of thioether (sulfide) groups is 1. The van der Waals surface area contributed by atoms with Crippen molar-refractivity contribution in [2.45, 2.75) is 50.8 Å². The van der Waals surface area contributed by atoms with Gasteiger partial charge >= 0.3 is 0 Å². The van der Waals surface area contributed by atoms with Gasteiger partial charge in [-0.3, -0.25) is 9.69 Å². The minimum Gasteiger partial charge on any atom is -0.342 e. The van der Waals surface area contributed by atoms with E-state index in [4.69, 9.17) is 4.52 Å². The van der Waals surface area contributed by atoms with Crippen molar-refractivity contribution in [3.63, 3.8) is 0 Å². The molecule has 0 aromatic carbocycles. The van der Waals surface area contributed by atoms with Crippen LogP contribution < -0.4 is 0 Å². The van der Waals surface area contributed by atoms with Gasteiger partial charge in [-0.15, -0.1) is 0 Å². The molecule has 4 rings (SSSR count). The molecule has 0 radical (unpaired) electrons. The summed E-state index contributed by atoms with van der Waals surface area (Å²) in [4.78, 5) is 21.3. The molecule has 1 aromatic heterocycles. The van der Waals surface area contributed by atoms with E-state index >= 15 is 0 Å². The van der Waals surface area contributed by atoms with E-state index in [1.54, 1.807) is 11.8 Å². The van der Waals surface area contributed by atoms with Gasteiger partial charge in [-0.2, -0.15) is 16.7 Å². The Kier molecular flexibility index (Phi) is 5.04. The van der Waals surface area contributed by atoms with Crippen LogP contribution in [0.5, 0.6) is 0 Å². The molecule has 1 aromatic rings. The van der Waals surface area contributed by atoms with E-state index in [0.29, 0.717) is 11.3 Å². The normalized spacial score (nSPS) is 24.2. The summed E-state index contributed by atoms with van der Waals surface area (Å²) in [6.07, 6.45) is 8.83. The number of likely N-dealkylation sites (tertiary alicyclic amines) is 2. The van der Waals surface area contributed by atoms with E-state index in [9.17, 15) is 4.79 Å². The summed E-state index contributed by atoms with van der Waals surface area (Å²) < 4.78 is 5.37. The van der Waals surface area contributed by atoms with Crippen LogP contribution in [0.2, 0.25) is 0 Å². The number of carbonyl (C=O) groups is 1. The second kappa shape index (κ2) is 7.27. The highest BCUT2D eigenvalue weighted by atomic mass is 32.2. The molecule has 7 heteroatoms. The van der Waals surface area contributed by atoms with E-state index in [0.717, 1.165) is 69.0 Å². The molecule has 3 fully saturated rings. The van der Waals surface area contributed by atoms with Crippen molar-refractivity contribution >= 4 is 17.7 Å². The first-order valence-corrected chi connectivity index (χ1v) is 10.9. The van der Waals surface area contributed by atoms with Crippen LogP contribution in [0.4, 0.5) is 0 Å². The first-order chi connectivity index (χ1) is 12.2. The van der Waals surface area contributed by atoms with Crippen LogP contribution in [-0.4, -0.2) is 58.3 Å². The zero-order valence-electron chi connectivity index (χ0n) is 15.1. The lowest BCUT2D eigenvalue weighted by atomic mass is 9.72. The van der Waals surface area contributed by atoms with Gasteiger partial charge in [0, 0.05) is 19.5 Å². The minimum atomic E-state index is 0.345. The zero-order valence-corrected chi connectivity index (χ0v) is 15.9. The second-order valence-corrected chi connectivity index (χ2v) is 8.90. The van der Waals surface area contributed by atoms with Gasteiger partial charge < -0.3 is 9.42 Å². The molecule has 1 amide bonds. The number of hydrogen-bond acceptors (Lipinski definition) is 6. The third kappa shape index (κ3) is 4.19. The Labute approximate surface area is 153 Å². The number of nitrogens with zero attached hydrogens (tertiary/aromatic N) is 4. The van der Waals surface area contributed by atoms with Crippen LogP contribution in [-0.2, 0) is 17.1 Å². The fourth-order valence-electron chi connectivity index (χ4n) is 4.21. The summed E-state index contributed by atoms with van der Waals surface area (Å²) in [6.45, 7) is 4.86. The predicted molar refractivity (Wildman–Crippen MR) is 97.0 cm³/mol. The highest BCUT2D eigenvalue weighted by Crippen LogP contribution is 2.41. The molecule has 0 atom stereocenters. The van der Waals surface area contributed by atoms with Crippen LogP contribution >= 0.6 is 11.8 Å². The lowest BCUT2D eigenvalue weighted by molar-refractivity contribution is -0.139. The predicted octanol–water partition coefficient (Wildman–Crippen LogP) is 2.55. The molecule has 1 saturated carbocycles. The Balaban J connectivity index is 1.30. The molecular weight excluding hydrogens is 336 g/mol. The lowest BCUT2D eigenvalue weighted by Gasteiger charge is -2.47. The van der Waals surface area contributed by atoms with Gasteiger partial charge in [0.15, 0.2) is 5.82 Å². The number of aromatic nitrogens is 2. The summed E-state index contributed by atoms with van der Waals surface area (Å²) in [5, 5.41) is 4.03. The molecular formula is C18H28N4O2S. The van der Waals surface area contributed by atoms with Crippen LogP contribution in [0.1, 0.15) is 50.2 Å². The molecule has 0 bridgehead atoms. The SMILES string of the molecule is CSCc1noc(CN2CCC3(CCC(=O)N(CC4CC4)C3)CC2)n1. The van der Waals surface area contributed by atoms with Crippen LogP contribution in [0.25, 0.3) is 0 Å². The quantitative estimate of drug-likeness (QED) is 0.773. The maximum atomic E-state index is 12.2. The molecule has 3 aliphatic rings. The highest BCUT2D eigenvalue weighted by molar-refractivity contribution is 7.97. The van der Waals surface area contributed by atoms with Crippen molar-refractivity contribution in [1.82, 2.24) is 19.9 Å². The lowest BCUT2D eigenvalue weighted by Crippen LogP contribution is -2.51. The molecule has 2 saturated heterocycles. The first-order valence-electron chi connectivity index (χ1n) is 9.46. The fourth-order valence-corrected chi connectivity index (χ4v) is 4.58. The molecule has 0 N–H and O–H groups in total. The Morgan fingerprint density at radius 2 is 2.08 bits per heavy atom. The largest absolute Gasteiger partial charge is 0.342 e. The smallest absolute Gasteiger partial charge is 0.240 e. The number of carbonyl (C=O) groups excluding carboxylic acids is 1. The van der Waals surface area contributed by atoms with Crippen molar-refractivity contribution in [2.75, 3.05) is 32.4 Å². The Morgan fingerprint density at radius 1 is 1.28 bits per heavy atom. The number of amides is 1. The standard InChI is InChI=1S/C18H28N4O2S/c1-25-12-15-19-16(24-20-15)11-21-8-6-18(7-9-21)5-4-17(23)22(13-18)10-14-2-3-14/h14H,2-13H2,1H3. The highest BCUT2D eigenvalue weighted by Gasteiger charge is 2.42. The second-order valence-electron chi connectivity index (χ2n) is 8.03. The Bertz CT molecular complexity index is 608. The maximum absolute atomic E-state index is 12.2. The van der Waals surface area contributed by atoms with Gasteiger partial charge in [0.05, 0.1) is 12.3 Å². The third-order valence-corrected chi connectivity index (χ3v) is 6.53. The van der Waals surface area contributed by atoms with Gasteiger partial charge in [-0.25, -0.2) is 0 Å². The third-order valence-electron chi connectivity index (χ3n) is 5.98. The minimum absolute atomic E-state index is 0.345. The monoisotopic (exact) mass is 364 g/mol. The zero-order chi connectivity index (χ0) is 17.3. The molecule has 6 nitrogen and oxygen atoms in total. The Morgan fingerprint density at radius 3 is 2.80 bits per heavy atom. The van der Waals surface area contributed by atoms with Crippen LogP contribution in [0.3, 0.4) is 0 Å². The van der Waals surface area contributed by atoms with Crippen molar-refractivity contribution in [3.8, 4) is 0 Å². The molecule has 1 aliphatic carbocycles. The average molecular weight is 365 g/mol. The van der Waals surface area contributed by atoms with Crippen molar-refractivity contribution in [3.05, 3.63) is 11.7 Å². The summed E-state index contributed by atoms with van der Waals surface area (Å²) in [6, 6.07) is 0. The summed E-state index contributed by atoms with van der Waals surface area (Å²) in [7, 11) is 0. The van der Waals surface area contributed by atoms with Gasteiger partial charge in [-0.1, -0.05) is 5.16 Å². The van der Waals surface area contributed by atoms with Gasteiger partial charge in [0.2, 0.25) is 11.8 Å². The van der Waals surface area contributed by atoms with E-state index < -0.39 is 0 Å². The molecule has 138 valence electrons. The molecule has 1 spiro atoms. The van der Waals surface area contributed by atoms with Gasteiger partial charge in [0.25, 0.3) is 0 Å². The van der Waals surface area contributed by atoms with E-state index in [1.807, 2.05) is 6.26 Å². The number of piperidine rings is 2. The van der Waals surface area contributed by atoms with Crippen molar-refractivity contribution in [1.29, 1.82) is 0 Å². The topological polar surface area (TPSA) is 62.5 Å². The summed E-state index contributed by atoms with van der Waals surface area (Å²) >= 11 is 1.71. The number of hydrogen-bond donors (Lipinski definition) is 0. The van der Waals surface area contributed by atoms with Gasteiger partial charge in [0.1, 0.15) is 0 Å². The molecule has 2 aliphatic heterocycles. The summed E-state index contributed by atoms with van der Waals surface area (Å²) in [5.74, 6) is 3.49. The van der Waals surface area contributed by atoms with Crippen LogP contribution in [0, 0.1) is 11.3 Å². The van der Waals surface area contributed by atoms with Crippen LogP contribution in [0.15, 0.2) is 4.52 Å². The van der Waals surface area contributed by atoms with Crippen molar-refractivity contribution in [2.24, 2.45) is 11.3 Å².